The molecule has 0 spiro atoms. The van der Waals surface area contributed by atoms with E-state index in [-0.39, 0.29) is 0 Å². The highest BCUT2D eigenvalue weighted by atomic mass is 15.3. The molecule has 1 heterocycles. The summed E-state index contributed by atoms with van der Waals surface area (Å²) in [6.45, 7) is 12.9. The predicted octanol–water partition coefficient (Wildman–Crippen LogP) is 1.40. The van der Waals surface area contributed by atoms with E-state index in [1.54, 1.807) is 0 Å². The highest BCUT2D eigenvalue weighted by molar-refractivity contribution is 4.83. The van der Waals surface area contributed by atoms with Crippen LogP contribution in [-0.2, 0) is 0 Å². The summed E-state index contributed by atoms with van der Waals surface area (Å²) in [6.07, 6.45) is 2.49. The summed E-state index contributed by atoms with van der Waals surface area (Å²) in [5.74, 6) is 0. The fraction of sp³-hybridized carbons (Fsp3) is 1.00. The monoisotopic (exact) mass is 227 g/mol. The molecule has 1 rings (SSSR count). The molecular formula is C13H29N3. The molecule has 0 amide bonds. The maximum Gasteiger partial charge on any atom is 0.0221 e. The van der Waals surface area contributed by atoms with E-state index < -0.39 is 0 Å². The van der Waals surface area contributed by atoms with E-state index in [2.05, 4.69) is 42.9 Å². The largest absolute Gasteiger partial charge is 0.315 e. The molecule has 1 aliphatic heterocycles. The minimum absolute atomic E-state index is 0.701. The lowest BCUT2D eigenvalue weighted by Gasteiger charge is -2.42. The van der Waals surface area contributed by atoms with E-state index in [1.165, 1.54) is 32.5 Å². The van der Waals surface area contributed by atoms with Crippen molar-refractivity contribution in [2.75, 3.05) is 39.8 Å². The average Bonchev–Trinajstić information content (AvgIpc) is 2.26. The van der Waals surface area contributed by atoms with Crippen LogP contribution in [0.15, 0.2) is 0 Å². The first-order valence-corrected chi connectivity index (χ1v) is 6.84. The van der Waals surface area contributed by atoms with Crippen LogP contribution in [0, 0.1) is 0 Å². The number of hydrogen-bond donors (Lipinski definition) is 1. The van der Waals surface area contributed by atoms with Gasteiger partial charge in [-0.1, -0.05) is 13.8 Å². The van der Waals surface area contributed by atoms with Gasteiger partial charge in [-0.15, -0.1) is 0 Å². The van der Waals surface area contributed by atoms with Gasteiger partial charge >= 0.3 is 0 Å². The van der Waals surface area contributed by atoms with Crippen molar-refractivity contribution in [1.29, 1.82) is 0 Å². The Morgan fingerprint density at radius 1 is 1.31 bits per heavy atom. The molecule has 96 valence electrons. The molecule has 3 nitrogen and oxygen atoms in total. The lowest BCUT2D eigenvalue weighted by molar-refractivity contribution is 0.0592. The Kier molecular flexibility index (Phi) is 6.32. The Bertz CT molecular complexity index is 184. The van der Waals surface area contributed by atoms with Crippen LogP contribution in [0.5, 0.6) is 0 Å². The maximum absolute atomic E-state index is 3.56. The van der Waals surface area contributed by atoms with Crippen molar-refractivity contribution >= 4 is 0 Å². The second kappa shape index (κ2) is 7.25. The third-order valence-electron chi connectivity index (χ3n) is 3.63. The highest BCUT2D eigenvalue weighted by Gasteiger charge is 2.26. The van der Waals surface area contributed by atoms with Crippen LogP contribution in [0.25, 0.3) is 0 Å². The van der Waals surface area contributed by atoms with Crippen molar-refractivity contribution in [3.05, 3.63) is 0 Å². The SMILES string of the molecule is CCCNCC(CC)N1CCN(C)CC1C. The van der Waals surface area contributed by atoms with E-state index in [1.807, 2.05) is 0 Å². The van der Waals surface area contributed by atoms with Gasteiger partial charge in [0.05, 0.1) is 0 Å². The van der Waals surface area contributed by atoms with Crippen LogP contribution in [0.1, 0.15) is 33.6 Å². The van der Waals surface area contributed by atoms with E-state index in [9.17, 15) is 0 Å². The minimum Gasteiger partial charge on any atom is -0.315 e. The zero-order valence-electron chi connectivity index (χ0n) is 11.5. The third kappa shape index (κ3) is 4.04. The summed E-state index contributed by atoms with van der Waals surface area (Å²) in [5.41, 5.74) is 0. The summed E-state index contributed by atoms with van der Waals surface area (Å²) < 4.78 is 0. The number of likely N-dealkylation sites (N-methyl/N-ethyl adjacent to an activating group) is 1. The second-order valence-electron chi connectivity index (χ2n) is 5.12. The van der Waals surface area contributed by atoms with E-state index in [0.717, 1.165) is 19.1 Å². The Morgan fingerprint density at radius 3 is 2.62 bits per heavy atom. The molecule has 0 aromatic carbocycles. The van der Waals surface area contributed by atoms with Gasteiger partial charge in [-0.2, -0.15) is 0 Å². The number of hydrogen-bond acceptors (Lipinski definition) is 3. The molecule has 3 heteroatoms. The van der Waals surface area contributed by atoms with Gasteiger partial charge in [0.1, 0.15) is 0 Å². The smallest absolute Gasteiger partial charge is 0.0221 e. The second-order valence-corrected chi connectivity index (χ2v) is 5.12. The fourth-order valence-corrected chi connectivity index (χ4v) is 2.64. The lowest BCUT2D eigenvalue weighted by Crippen LogP contribution is -2.56. The number of nitrogens with one attached hydrogen (secondary N) is 1. The molecule has 2 unspecified atom stereocenters. The first-order valence-electron chi connectivity index (χ1n) is 6.84. The van der Waals surface area contributed by atoms with Gasteiger partial charge in [0.2, 0.25) is 0 Å². The van der Waals surface area contributed by atoms with Gasteiger partial charge in [-0.25, -0.2) is 0 Å². The van der Waals surface area contributed by atoms with Crippen molar-refractivity contribution in [2.24, 2.45) is 0 Å². The van der Waals surface area contributed by atoms with Gasteiger partial charge in [0, 0.05) is 38.3 Å². The van der Waals surface area contributed by atoms with Gasteiger partial charge in [-0.05, 0) is 33.4 Å². The molecule has 0 aromatic rings. The molecule has 1 aliphatic rings. The van der Waals surface area contributed by atoms with Crippen molar-refractivity contribution in [3.8, 4) is 0 Å². The molecule has 16 heavy (non-hydrogen) atoms. The molecule has 1 saturated heterocycles. The maximum atomic E-state index is 3.56. The normalized spacial score (nSPS) is 25.9. The van der Waals surface area contributed by atoms with Gasteiger partial charge < -0.3 is 10.2 Å². The van der Waals surface area contributed by atoms with Crippen LogP contribution in [0.3, 0.4) is 0 Å². The van der Waals surface area contributed by atoms with Crippen LogP contribution >= 0.6 is 0 Å². The zero-order valence-corrected chi connectivity index (χ0v) is 11.5. The van der Waals surface area contributed by atoms with Crippen LogP contribution in [0.4, 0.5) is 0 Å². The lowest BCUT2D eigenvalue weighted by atomic mass is 10.1. The van der Waals surface area contributed by atoms with Gasteiger partial charge in [0.25, 0.3) is 0 Å². The van der Waals surface area contributed by atoms with Crippen molar-refractivity contribution < 1.29 is 0 Å². The first-order chi connectivity index (χ1) is 7.69. The molecule has 2 atom stereocenters. The standard InChI is InChI=1S/C13H29N3/c1-5-7-14-10-13(6-2)16-9-8-15(4)11-12(16)3/h12-14H,5-11H2,1-4H3. The van der Waals surface area contributed by atoms with E-state index >= 15 is 0 Å². The predicted molar refractivity (Wildman–Crippen MR) is 70.9 cm³/mol. The molecule has 1 N–H and O–H groups in total. The molecule has 0 radical (unpaired) electrons. The number of nitrogens with zero attached hydrogens (tertiary/aromatic N) is 2. The first kappa shape index (κ1) is 13.9. The molecule has 0 saturated carbocycles. The van der Waals surface area contributed by atoms with Crippen molar-refractivity contribution in [1.82, 2.24) is 15.1 Å². The number of piperazine rings is 1. The Morgan fingerprint density at radius 2 is 2.06 bits per heavy atom. The Hall–Kier alpha value is -0.120. The molecule has 0 bridgehead atoms. The van der Waals surface area contributed by atoms with Crippen molar-refractivity contribution in [3.63, 3.8) is 0 Å². The van der Waals surface area contributed by atoms with Gasteiger partial charge in [-0.3, -0.25) is 4.90 Å². The summed E-state index contributed by atoms with van der Waals surface area (Å²) in [4.78, 5) is 5.12. The van der Waals surface area contributed by atoms with Crippen molar-refractivity contribution in [2.45, 2.75) is 45.7 Å². The fourth-order valence-electron chi connectivity index (χ4n) is 2.64. The van der Waals surface area contributed by atoms with Crippen LogP contribution in [0.2, 0.25) is 0 Å². The zero-order chi connectivity index (χ0) is 12.0. The highest BCUT2D eigenvalue weighted by Crippen LogP contribution is 2.13. The van der Waals surface area contributed by atoms with Crippen LogP contribution in [-0.4, -0.2) is 61.7 Å². The average molecular weight is 227 g/mol. The topological polar surface area (TPSA) is 18.5 Å². The summed E-state index contributed by atoms with van der Waals surface area (Å²) >= 11 is 0. The quantitative estimate of drug-likeness (QED) is 0.692. The summed E-state index contributed by atoms with van der Waals surface area (Å²) in [5, 5.41) is 3.56. The molecular weight excluding hydrogens is 198 g/mol. The Balaban J connectivity index is 2.39. The summed E-state index contributed by atoms with van der Waals surface area (Å²) in [6, 6.07) is 1.42. The van der Waals surface area contributed by atoms with Crippen LogP contribution < -0.4 is 5.32 Å². The molecule has 0 aromatic heterocycles. The van der Waals surface area contributed by atoms with Gasteiger partial charge in [0.15, 0.2) is 0 Å². The minimum atomic E-state index is 0.701. The third-order valence-corrected chi connectivity index (χ3v) is 3.63. The molecule has 0 aliphatic carbocycles. The molecule has 1 fully saturated rings. The van der Waals surface area contributed by atoms with E-state index in [4.69, 9.17) is 0 Å². The van der Waals surface area contributed by atoms with E-state index in [0.29, 0.717) is 6.04 Å². The summed E-state index contributed by atoms with van der Waals surface area (Å²) in [7, 11) is 2.23. The Labute approximate surface area is 101 Å². The number of rotatable bonds is 6.